The zero-order valence-electron chi connectivity index (χ0n) is 14.9. The molecule has 3 N–H and O–H groups in total. The molecule has 0 aliphatic heterocycles. The van der Waals surface area contributed by atoms with E-state index in [4.69, 9.17) is 11.6 Å². The fourth-order valence-corrected chi connectivity index (χ4v) is 3.38. The molecule has 3 rings (SSSR count). The van der Waals surface area contributed by atoms with Gasteiger partial charge in [0, 0.05) is 21.9 Å². The summed E-state index contributed by atoms with van der Waals surface area (Å²) in [6.07, 6.45) is 1.01. The molecule has 0 saturated heterocycles. The summed E-state index contributed by atoms with van der Waals surface area (Å²) in [4.78, 5) is 25.1. The van der Waals surface area contributed by atoms with Crippen LogP contribution in [0.2, 0.25) is 5.02 Å². The topological polar surface area (TPSA) is 86.9 Å². The Kier molecular flexibility index (Phi) is 7.11. The lowest BCUT2D eigenvalue weighted by Crippen LogP contribution is -2.41. The van der Waals surface area contributed by atoms with E-state index in [2.05, 4.69) is 21.0 Å². The van der Waals surface area contributed by atoms with Crippen LogP contribution in [-0.2, 0) is 4.79 Å². The lowest BCUT2D eigenvalue weighted by atomic mass is 10.1. The molecule has 0 atom stereocenters. The van der Waals surface area contributed by atoms with Crippen LogP contribution in [0, 0.1) is 0 Å². The number of amides is 2. The van der Waals surface area contributed by atoms with E-state index in [0.717, 1.165) is 16.2 Å². The molecule has 3 aromatic rings. The van der Waals surface area contributed by atoms with Crippen LogP contribution in [0.25, 0.3) is 11.3 Å². The van der Waals surface area contributed by atoms with E-state index in [0.29, 0.717) is 23.6 Å². The Morgan fingerprint density at radius 3 is 2.54 bits per heavy atom. The van der Waals surface area contributed by atoms with Gasteiger partial charge in [0.1, 0.15) is 5.69 Å². The van der Waals surface area contributed by atoms with E-state index in [1.807, 2.05) is 54.6 Å². The molecule has 0 aliphatic rings. The minimum Gasteiger partial charge on any atom is -0.273 e. The maximum absolute atomic E-state index is 12.1. The van der Waals surface area contributed by atoms with Crippen LogP contribution >= 0.6 is 23.4 Å². The number of hydrogen-bond donors (Lipinski definition) is 3. The summed E-state index contributed by atoms with van der Waals surface area (Å²) >= 11 is 7.50. The molecule has 2 amide bonds. The van der Waals surface area contributed by atoms with Crippen molar-refractivity contribution in [1.29, 1.82) is 0 Å². The summed E-state index contributed by atoms with van der Waals surface area (Å²) in [5.74, 6) is 0.107. The number of carbonyl (C=O) groups excluding carboxylic acids is 2. The third kappa shape index (κ3) is 5.87. The molecule has 28 heavy (non-hydrogen) atoms. The van der Waals surface area contributed by atoms with Gasteiger partial charge >= 0.3 is 0 Å². The molecule has 1 aromatic heterocycles. The minimum atomic E-state index is -0.446. The average molecular weight is 415 g/mol. The van der Waals surface area contributed by atoms with Crippen molar-refractivity contribution >= 4 is 35.2 Å². The molecule has 0 unspecified atom stereocenters. The van der Waals surface area contributed by atoms with E-state index in [1.54, 1.807) is 17.8 Å². The van der Waals surface area contributed by atoms with Crippen LogP contribution in [0.15, 0.2) is 65.6 Å². The first kappa shape index (κ1) is 20.0. The number of halogens is 1. The normalized spacial score (nSPS) is 10.5. The molecule has 0 radical (unpaired) electrons. The molecule has 0 bridgehead atoms. The lowest BCUT2D eigenvalue weighted by Gasteiger charge is -2.06. The number of hydrazine groups is 1. The monoisotopic (exact) mass is 414 g/mol. The summed E-state index contributed by atoms with van der Waals surface area (Å²) in [6, 6.07) is 18.7. The number of thioether (sulfide) groups is 1. The summed E-state index contributed by atoms with van der Waals surface area (Å²) in [6.45, 7) is 0. The van der Waals surface area contributed by atoms with E-state index >= 15 is 0 Å². The SMILES string of the molecule is O=C(CCCSc1ccc(Cl)cc1)NNC(=O)c1cc(-c2ccccc2)n[nH]1. The number of benzene rings is 2. The first-order chi connectivity index (χ1) is 13.6. The van der Waals surface area contributed by atoms with E-state index < -0.39 is 5.91 Å². The third-order valence-electron chi connectivity index (χ3n) is 3.84. The van der Waals surface area contributed by atoms with Crippen LogP contribution < -0.4 is 10.9 Å². The van der Waals surface area contributed by atoms with Crippen molar-refractivity contribution in [3.05, 3.63) is 71.4 Å². The quantitative estimate of drug-likeness (QED) is 0.309. The van der Waals surface area contributed by atoms with Crippen molar-refractivity contribution < 1.29 is 9.59 Å². The number of nitrogens with zero attached hydrogens (tertiary/aromatic N) is 1. The Morgan fingerprint density at radius 1 is 1.04 bits per heavy atom. The van der Waals surface area contributed by atoms with Crippen molar-refractivity contribution in [2.24, 2.45) is 0 Å². The van der Waals surface area contributed by atoms with Gasteiger partial charge in [0.15, 0.2) is 0 Å². The number of nitrogens with one attached hydrogen (secondary N) is 3. The zero-order valence-corrected chi connectivity index (χ0v) is 16.5. The van der Waals surface area contributed by atoms with Crippen LogP contribution in [0.3, 0.4) is 0 Å². The largest absolute Gasteiger partial charge is 0.287 e. The predicted molar refractivity (Wildman–Crippen MR) is 111 cm³/mol. The molecular weight excluding hydrogens is 396 g/mol. The van der Waals surface area contributed by atoms with Gasteiger partial charge in [0.25, 0.3) is 5.91 Å². The fourth-order valence-electron chi connectivity index (χ4n) is 2.40. The summed E-state index contributed by atoms with van der Waals surface area (Å²) in [5.41, 5.74) is 6.66. The number of aromatic amines is 1. The van der Waals surface area contributed by atoms with E-state index in [9.17, 15) is 9.59 Å². The molecule has 6 nitrogen and oxygen atoms in total. The first-order valence-electron chi connectivity index (χ1n) is 8.70. The molecule has 8 heteroatoms. The van der Waals surface area contributed by atoms with Gasteiger partial charge in [-0.15, -0.1) is 11.8 Å². The Balaban J connectivity index is 1.38. The second-order valence-corrected chi connectivity index (χ2v) is 7.55. The van der Waals surface area contributed by atoms with Crippen LogP contribution in [0.1, 0.15) is 23.3 Å². The molecule has 1 heterocycles. The highest BCUT2D eigenvalue weighted by molar-refractivity contribution is 7.99. The maximum atomic E-state index is 12.1. The highest BCUT2D eigenvalue weighted by Crippen LogP contribution is 2.21. The number of aromatic nitrogens is 2. The highest BCUT2D eigenvalue weighted by atomic mass is 35.5. The van der Waals surface area contributed by atoms with Crippen molar-refractivity contribution in [3.63, 3.8) is 0 Å². The number of H-pyrrole nitrogens is 1. The van der Waals surface area contributed by atoms with Crippen molar-refractivity contribution in [1.82, 2.24) is 21.0 Å². The van der Waals surface area contributed by atoms with Gasteiger partial charge in [-0.1, -0.05) is 41.9 Å². The Hall–Kier alpha value is -2.77. The summed E-state index contributed by atoms with van der Waals surface area (Å²) in [5, 5.41) is 7.50. The van der Waals surface area contributed by atoms with Gasteiger partial charge in [-0.05, 0) is 42.5 Å². The molecule has 0 fully saturated rings. The van der Waals surface area contributed by atoms with Crippen LogP contribution in [-0.4, -0.2) is 27.8 Å². The van der Waals surface area contributed by atoms with Gasteiger partial charge < -0.3 is 0 Å². The molecular formula is C20H19ClN4O2S. The van der Waals surface area contributed by atoms with Gasteiger partial charge in [0.05, 0.1) is 5.69 Å². The molecule has 144 valence electrons. The van der Waals surface area contributed by atoms with E-state index in [1.165, 1.54) is 0 Å². The lowest BCUT2D eigenvalue weighted by molar-refractivity contribution is -0.121. The second-order valence-electron chi connectivity index (χ2n) is 5.94. The minimum absolute atomic E-state index is 0.243. The van der Waals surface area contributed by atoms with Crippen LogP contribution in [0.5, 0.6) is 0 Å². The average Bonchev–Trinajstić information content (AvgIpc) is 3.22. The highest BCUT2D eigenvalue weighted by Gasteiger charge is 2.11. The van der Waals surface area contributed by atoms with Gasteiger partial charge in [-0.3, -0.25) is 25.5 Å². The third-order valence-corrected chi connectivity index (χ3v) is 5.19. The zero-order chi connectivity index (χ0) is 19.8. The standard InChI is InChI=1S/C20H19ClN4O2S/c21-15-8-10-16(11-9-15)28-12-4-7-19(26)24-25-20(27)18-13-17(22-23-18)14-5-2-1-3-6-14/h1-3,5-6,8-11,13H,4,7,12H2,(H,22,23)(H,24,26)(H,25,27). The Labute approximate surface area is 172 Å². The smallest absolute Gasteiger partial charge is 0.273 e. The summed E-state index contributed by atoms with van der Waals surface area (Å²) in [7, 11) is 0. The summed E-state index contributed by atoms with van der Waals surface area (Å²) < 4.78 is 0. The molecule has 0 spiro atoms. The Morgan fingerprint density at radius 2 is 1.79 bits per heavy atom. The fraction of sp³-hybridized carbons (Fsp3) is 0.150. The molecule has 0 aliphatic carbocycles. The Bertz CT molecular complexity index is 929. The number of hydrogen-bond acceptors (Lipinski definition) is 4. The van der Waals surface area contributed by atoms with Crippen LogP contribution in [0.4, 0.5) is 0 Å². The molecule has 0 saturated carbocycles. The number of carbonyl (C=O) groups is 2. The van der Waals surface area contributed by atoms with Gasteiger partial charge in [-0.25, -0.2) is 0 Å². The maximum Gasteiger partial charge on any atom is 0.287 e. The second kappa shape index (κ2) is 9.96. The van der Waals surface area contributed by atoms with Crippen molar-refractivity contribution in [2.45, 2.75) is 17.7 Å². The molecule has 2 aromatic carbocycles. The van der Waals surface area contributed by atoms with E-state index in [-0.39, 0.29) is 11.6 Å². The first-order valence-corrected chi connectivity index (χ1v) is 10.1. The van der Waals surface area contributed by atoms with Gasteiger partial charge in [0.2, 0.25) is 5.91 Å². The number of rotatable bonds is 7. The van der Waals surface area contributed by atoms with Crippen molar-refractivity contribution in [3.8, 4) is 11.3 Å². The van der Waals surface area contributed by atoms with Gasteiger partial charge in [-0.2, -0.15) is 5.10 Å². The predicted octanol–water partition coefficient (Wildman–Crippen LogP) is 4.06. The van der Waals surface area contributed by atoms with Crippen molar-refractivity contribution in [2.75, 3.05) is 5.75 Å².